The number of fused-ring (bicyclic) bond motifs is 6. The van der Waals surface area contributed by atoms with E-state index in [-0.39, 0.29) is 18.9 Å². The minimum absolute atomic E-state index is 0.190. The maximum atomic E-state index is 13.9. The van der Waals surface area contributed by atoms with Gasteiger partial charge < -0.3 is 14.6 Å². The zero-order valence-corrected chi connectivity index (χ0v) is 20.1. The summed E-state index contributed by atoms with van der Waals surface area (Å²) >= 11 is 5.99. The molecule has 0 unspecified atom stereocenters. The third kappa shape index (κ3) is 3.10. The van der Waals surface area contributed by atoms with Crippen molar-refractivity contribution in [2.24, 2.45) is 11.8 Å². The molecule has 3 fully saturated rings. The summed E-state index contributed by atoms with van der Waals surface area (Å²) in [7, 11) is 0. The molecule has 4 heterocycles. The minimum atomic E-state index is -1.19. The number of ether oxygens (including phenoxy) is 2. The minimum Gasteiger partial charge on any atom is -0.492 e. The molecule has 5 atom stereocenters. The van der Waals surface area contributed by atoms with Crippen LogP contribution in [0.25, 0.3) is 10.8 Å². The average Bonchev–Trinajstić information content (AvgIpc) is 3.39. The zero-order chi connectivity index (χ0) is 25.2. The lowest BCUT2D eigenvalue weighted by Crippen LogP contribution is -2.49. The smallest absolute Gasteiger partial charge is 0.240 e. The molecule has 36 heavy (non-hydrogen) atoms. The third-order valence-corrected chi connectivity index (χ3v) is 8.06. The number of rotatable bonds is 5. The number of halogens is 1. The number of hydrogen-bond donors (Lipinski definition) is 1. The summed E-state index contributed by atoms with van der Waals surface area (Å²) in [6.45, 7) is 1.90. The van der Waals surface area contributed by atoms with Crippen molar-refractivity contribution in [1.82, 2.24) is 4.98 Å². The van der Waals surface area contributed by atoms with E-state index in [1.807, 2.05) is 6.07 Å². The van der Waals surface area contributed by atoms with Crippen LogP contribution < -0.4 is 9.64 Å². The van der Waals surface area contributed by atoms with Gasteiger partial charge in [-0.2, -0.15) is 5.26 Å². The molecule has 2 aromatic carbocycles. The number of pyridine rings is 1. The molecule has 8 nitrogen and oxygen atoms in total. The van der Waals surface area contributed by atoms with Crippen LogP contribution in [0.1, 0.15) is 25.3 Å². The van der Waals surface area contributed by atoms with Crippen molar-refractivity contribution in [2.75, 3.05) is 11.5 Å². The molecule has 9 heteroatoms. The van der Waals surface area contributed by atoms with Crippen LogP contribution in [0.15, 0.2) is 54.9 Å². The molecule has 2 bridgehead atoms. The molecule has 3 aromatic rings. The number of hydrogen-bond acceptors (Lipinski definition) is 7. The van der Waals surface area contributed by atoms with E-state index in [1.165, 1.54) is 17.3 Å². The predicted molar refractivity (Wildman–Crippen MR) is 130 cm³/mol. The molecule has 1 N–H and O–H groups in total. The van der Waals surface area contributed by atoms with Crippen molar-refractivity contribution in [1.29, 1.82) is 5.26 Å². The summed E-state index contributed by atoms with van der Waals surface area (Å²) in [6, 6.07) is 14.3. The zero-order valence-electron chi connectivity index (χ0n) is 19.3. The summed E-state index contributed by atoms with van der Waals surface area (Å²) < 4.78 is 12.2. The molecule has 0 spiro atoms. The van der Waals surface area contributed by atoms with Crippen LogP contribution in [-0.4, -0.2) is 45.8 Å². The Morgan fingerprint density at radius 3 is 2.69 bits per heavy atom. The molecule has 0 aliphatic carbocycles. The van der Waals surface area contributed by atoms with E-state index in [0.29, 0.717) is 39.2 Å². The van der Waals surface area contributed by atoms with Gasteiger partial charge in [0.05, 0.1) is 58.7 Å². The fourth-order valence-electron chi connectivity index (χ4n) is 6.25. The van der Waals surface area contributed by atoms with Gasteiger partial charge in [0.1, 0.15) is 11.4 Å². The van der Waals surface area contributed by atoms with Gasteiger partial charge in [-0.1, -0.05) is 35.9 Å². The highest BCUT2D eigenvalue weighted by Crippen LogP contribution is 2.62. The fourth-order valence-corrected chi connectivity index (χ4v) is 6.41. The maximum Gasteiger partial charge on any atom is 0.240 e. The van der Waals surface area contributed by atoms with Gasteiger partial charge in [0.2, 0.25) is 11.8 Å². The number of aromatic nitrogens is 1. The molecule has 3 aliphatic rings. The summed E-state index contributed by atoms with van der Waals surface area (Å²) in [5, 5.41) is 22.2. The van der Waals surface area contributed by atoms with Gasteiger partial charge >= 0.3 is 0 Å². The lowest BCUT2D eigenvalue weighted by atomic mass is 9.66. The molecule has 182 valence electrons. The number of anilines is 1. The van der Waals surface area contributed by atoms with Crippen LogP contribution in [0, 0.1) is 23.2 Å². The molecular formula is C27H22ClN3O5. The number of nitrogens with zero attached hydrogens (tertiary/aromatic N) is 3. The van der Waals surface area contributed by atoms with Crippen molar-refractivity contribution >= 4 is 39.9 Å². The summed E-state index contributed by atoms with van der Waals surface area (Å²) in [5.74, 6) is -1.86. The first-order chi connectivity index (χ1) is 17.3. The topological polar surface area (TPSA) is 113 Å². The molecule has 0 radical (unpaired) electrons. The van der Waals surface area contributed by atoms with Crippen LogP contribution in [-0.2, 0) is 14.3 Å². The SMILES string of the molecule is C[C@]12O[C@](CCOc3cncc(Cl)c3)(C[C@@H]1O)[C@H]1C(=O)N(c3ccc(C#N)c4ccccc34)C(=O)[C@H]12. The van der Waals surface area contributed by atoms with Gasteiger partial charge in [0, 0.05) is 35.9 Å². The molecule has 1 aromatic heterocycles. The number of imide groups is 1. The average molecular weight is 504 g/mol. The van der Waals surface area contributed by atoms with Gasteiger partial charge in [-0.05, 0) is 19.1 Å². The number of carbonyl (C=O) groups excluding carboxylic acids is 2. The van der Waals surface area contributed by atoms with E-state index in [1.54, 1.807) is 43.3 Å². The summed E-state index contributed by atoms with van der Waals surface area (Å²) in [4.78, 5) is 33.0. The van der Waals surface area contributed by atoms with Crippen molar-refractivity contribution in [3.63, 3.8) is 0 Å². The fraction of sp³-hybridized carbons (Fsp3) is 0.333. The predicted octanol–water partition coefficient (Wildman–Crippen LogP) is 3.63. The largest absolute Gasteiger partial charge is 0.492 e. The first-order valence-electron chi connectivity index (χ1n) is 11.7. The number of nitriles is 1. The lowest BCUT2D eigenvalue weighted by Gasteiger charge is -2.33. The highest BCUT2D eigenvalue weighted by Gasteiger charge is 2.77. The van der Waals surface area contributed by atoms with Crippen molar-refractivity contribution in [3.05, 3.63) is 65.4 Å². The molecular weight excluding hydrogens is 482 g/mol. The number of amides is 2. The van der Waals surface area contributed by atoms with E-state index in [9.17, 15) is 20.0 Å². The van der Waals surface area contributed by atoms with E-state index >= 15 is 0 Å². The summed E-state index contributed by atoms with van der Waals surface area (Å²) in [6.07, 6.45) is 2.66. The Bertz CT molecular complexity index is 1470. The van der Waals surface area contributed by atoms with Gasteiger partial charge in [0.15, 0.2) is 0 Å². The summed E-state index contributed by atoms with van der Waals surface area (Å²) in [5.41, 5.74) is -1.34. The Labute approximate surface area is 212 Å². The van der Waals surface area contributed by atoms with Gasteiger partial charge in [-0.15, -0.1) is 0 Å². The maximum absolute atomic E-state index is 13.9. The number of aliphatic hydroxyl groups excluding tert-OH is 1. The van der Waals surface area contributed by atoms with Crippen LogP contribution in [0.5, 0.6) is 5.75 Å². The molecule has 2 amide bonds. The van der Waals surface area contributed by atoms with Crippen molar-refractivity contribution in [3.8, 4) is 11.8 Å². The van der Waals surface area contributed by atoms with Gasteiger partial charge in [0.25, 0.3) is 0 Å². The monoisotopic (exact) mass is 503 g/mol. The van der Waals surface area contributed by atoms with Crippen molar-refractivity contribution < 1.29 is 24.2 Å². The Morgan fingerprint density at radius 1 is 1.19 bits per heavy atom. The lowest BCUT2D eigenvalue weighted by molar-refractivity contribution is -0.134. The number of aliphatic hydroxyl groups is 1. The third-order valence-electron chi connectivity index (χ3n) is 7.85. The Morgan fingerprint density at radius 2 is 1.94 bits per heavy atom. The van der Waals surface area contributed by atoms with Crippen LogP contribution >= 0.6 is 11.6 Å². The van der Waals surface area contributed by atoms with Crippen molar-refractivity contribution in [2.45, 2.75) is 37.1 Å². The molecule has 0 saturated carbocycles. The first-order valence-corrected chi connectivity index (χ1v) is 12.1. The molecule has 3 aliphatic heterocycles. The Kier molecular flexibility index (Phi) is 5.09. The van der Waals surface area contributed by atoms with Gasteiger partial charge in [-0.25, -0.2) is 4.90 Å². The number of carbonyl (C=O) groups is 2. The van der Waals surface area contributed by atoms with Crippen LogP contribution in [0.4, 0.5) is 5.69 Å². The van der Waals surface area contributed by atoms with E-state index in [2.05, 4.69) is 11.1 Å². The Hall–Kier alpha value is -3.51. The normalized spacial score (nSPS) is 30.6. The second-order valence-electron chi connectivity index (χ2n) is 9.76. The molecule has 6 rings (SSSR count). The highest BCUT2D eigenvalue weighted by atomic mass is 35.5. The number of benzene rings is 2. The standard InChI is InChI=1S/C27H22ClN3O5/c1-26-21(32)11-27(36-26,8-9-35-17-10-16(28)13-30-14-17)23-22(26)24(33)31(25(23)34)20-7-6-15(12-29)18-4-2-3-5-19(18)20/h2-7,10,13-14,21-23,32H,8-9,11H2,1H3/t21-,22-,23+,26-,27+/m0/s1. The second-order valence-corrected chi connectivity index (χ2v) is 10.2. The van der Waals surface area contributed by atoms with E-state index in [0.717, 1.165) is 0 Å². The van der Waals surface area contributed by atoms with E-state index in [4.69, 9.17) is 21.1 Å². The second kappa shape index (κ2) is 8.00. The van der Waals surface area contributed by atoms with Crippen LogP contribution in [0.2, 0.25) is 5.02 Å². The van der Waals surface area contributed by atoms with Gasteiger partial charge in [-0.3, -0.25) is 14.6 Å². The molecule has 3 saturated heterocycles. The van der Waals surface area contributed by atoms with Crippen LogP contribution in [0.3, 0.4) is 0 Å². The Balaban J connectivity index is 1.36. The highest BCUT2D eigenvalue weighted by molar-refractivity contribution is 6.30. The van der Waals surface area contributed by atoms with E-state index < -0.39 is 35.0 Å². The first kappa shape index (κ1) is 22.9. The quantitative estimate of drug-likeness (QED) is 0.529.